The van der Waals surface area contributed by atoms with Crippen LogP contribution in [0.5, 0.6) is 17.2 Å². The smallest absolute Gasteiger partial charge is 0.231 e. The van der Waals surface area contributed by atoms with Crippen molar-refractivity contribution in [2.45, 2.75) is 19.9 Å². The summed E-state index contributed by atoms with van der Waals surface area (Å²) in [6, 6.07) is 12.2. The van der Waals surface area contributed by atoms with Crippen molar-refractivity contribution in [3.63, 3.8) is 0 Å². The van der Waals surface area contributed by atoms with Gasteiger partial charge in [-0.1, -0.05) is 12.1 Å². The fourth-order valence-corrected chi connectivity index (χ4v) is 2.43. The lowest BCUT2D eigenvalue weighted by Crippen LogP contribution is -2.07. The van der Waals surface area contributed by atoms with Crippen molar-refractivity contribution in [2.75, 3.05) is 19.2 Å². The van der Waals surface area contributed by atoms with E-state index < -0.39 is 0 Å². The van der Waals surface area contributed by atoms with Crippen molar-refractivity contribution >= 4 is 5.69 Å². The summed E-state index contributed by atoms with van der Waals surface area (Å²) < 4.78 is 16.2. The van der Waals surface area contributed by atoms with Crippen molar-refractivity contribution in [1.82, 2.24) is 0 Å². The average molecular weight is 285 g/mol. The Morgan fingerprint density at radius 3 is 2.71 bits per heavy atom. The van der Waals surface area contributed by atoms with Crippen LogP contribution >= 0.6 is 0 Å². The van der Waals surface area contributed by atoms with Gasteiger partial charge in [-0.05, 0) is 49.2 Å². The van der Waals surface area contributed by atoms with Gasteiger partial charge in [-0.2, -0.15) is 0 Å². The fourth-order valence-electron chi connectivity index (χ4n) is 2.43. The molecule has 1 N–H and O–H groups in total. The molecule has 2 aromatic rings. The third-order valence-electron chi connectivity index (χ3n) is 3.62. The molecule has 0 bridgehead atoms. The largest absolute Gasteiger partial charge is 0.495 e. The highest BCUT2D eigenvalue weighted by atomic mass is 16.7. The summed E-state index contributed by atoms with van der Waals surface area (Å²) in [7, 11) is 1.68. The van der Waals surface area contributed by atoms with E-state index in [1.54, 1.807) is 7.11 Å². The third kappa shape index (κ3) is 2.75. The van der Waals surface area contributed by atoms with Crippen LogP contribution in [0, 0.1) is 6.92 Å². The minimum atomic E-state index is 0.134. The van der Waals surface area contributed by atoms with Crippen LogP contribution in [-0.4, -0.2) is 13.9 Å². The van der Waals surface area contributed by atoms with Crippen LogP contribution in [0.4, 0.5) is 5.69 Å². The number of hydrogen-bond acceptors (Lipinski definition) is 4. The van der Waals surface area contributed by atoms with E-state index in [9.17, 15) is 0 Å². The lowest BCUT2D eigenvalue weighted by atomic mass is 10.1. The Morgan fingerprint density at radius 1 is 1.10 bits per heavy atom. The quantitative estimate of drug-likeness (QED) is 0.924. The van der Waals surface area contributed by atoms with Crippen LogP contribution in [0.1, 0.15) is 24.1 Å². The third-order valence-corrected chi connectivity index (χ3v) is 3.62. The van der Waals surface area contributed by atoms with E-state index in [4.69, 9.17) is 14.2 Å². The Bertz CT molecular complexity index is 654. The van der Waals surface area contributed by atoms with Gasteiger partial charge in [-0.25, -0.2) is 0 Å². The molecule has 0 aromatic heterocycles. The first-order valence-electron chi connectivity index (χ1n) is 6.98. The Hall–Kier alpha value is -2.36. The van der Waals surface area contributed by atoms with Crippen LogP contribution in [0.2, 0.25) is 0 Å². The van der Waals surface area contributed by atoms with Gasteiger partial charge in [0.25, 0.3) is 0 Å². The first-order valence-corrected chi connectivity index (χ1v) is 6.98. The van der Waals surface area contributed by atoms with E-state index in [0.29, 0.717) is 6.79 Å². The zero-order valence-electron chi connectivity index (χ0n) is 12.5. The van der Waals surface area contributed by atoms with E-state index in [1.807, 2.05) is 30.3 Å². The maximum Gasteiger partial charge on any atom is 0.231 e. The SMILES string of the molecule is COc1ccc(C)cc1NC(C)c1ccc2c(c1)OCO2. The number of rotatable bonds is 4. The van der Waals surface area contributed by atoms with Crippen molar-refractivity contribution < 1.29 is 14.2 Å². The molecule has 4 heteroatoms. The second kappa shape index (κ2) is 5.56. The van der Waals surface area contributed by atoms with E-state index in [2.05, 4.69) is 25.2 Å². The zero-order chi connectivity index (χ0) is 14.8. The lowest BCUT2D eigenvalue weighted by Gasteiger charge is -2.18. The summed E-state index contributed by atoms with van der Waals surface area (Å²) >= 11 is 0. The van der Waals surface area contributed by atoms with Crippen LogP contribution in [0.25, 0.3) is 0 Å². The standard InChI is InChI=1S/C17H19NO3/c1-11-4-6-15(19-3)14(8-11)18-12(2)13-5-7-16-17(9-13)21-10-20-16/h4-9,12,18H,10H2,1-3H3. The molecule has 0 fully saturated rings. The second-order valence-corrected chi connectivity index (χ2v) is 5.18. The molecule has 0 saturated carbocycles. The molecule has 1 aliphatic heterocycles. The molecule has 4 nitrogen and oxygen atoms in total. The molecular formula is C17H19NO3. The highest BCUT2D eigenvalue weighted by Crippen LogP contribution is 2.35. The van der Waals surface area contributed by atoms with Crippen LogP contribution in [0.3, 0.4) is 0 Å². The van der Waals surface area contributed by atoms with Crippen molar-refractivity contribution in [3.05, 3.63) is 47.5 Å². The molecule has 3 rings (SSSR count). The number of methoxy groups -OCH3 is 1. The molecule has 0 radical (unpaired) electrons. The van der Waals surface area contributed by atoms with E-state index >= 15 is 0 Å². The maximum absolute atomic E-state index is 5.43. The molecule has 21 heavy (non-hydrogen) atoms. The summed E-state index contributed by atoms with van der Waals surface area (Å²) in [5, 5.41) is 3.49. The zero-order valence-corrected chi connectivity index (χ0v) is 12.5. The molecule has 0 spiro atoms. The van der Waals surface area contributed by atoms with Gasteiger partial charge in [0.15, 0.2) is 11.5 Å². The topological polar surface area (TPSA) is 39.7 Å². The lowest BCUT2D eigenvalue weighted by molar-refractivity contribution is 0.174. The molecule has 1 unspecified atom stereocenters. The van der Waals surface area contributed by atoms with Gasteiger partial charge >= 0.3 is 0 Å². The van der Waals surface area contributed by atoms with Crippen LogP contribution in [-0.2, 0) is 0 Å². The first kappa shape index (κ1) is 13.6. The summed E-state index contributed by atoms with van der Waals surface area (Å²) in [5.41, 5.74) is 3.32. The van der Waals surface area contributed by atoms with Crippen LogP contribution < -0.4 is 19.5 Å². The van der Waals surface area contributed by atoms with Gasteiger partial charge in [0.05, 0.1) is 12.8 Å². The van der Waals surface area contributed by atoms with Gasteiger partial charge in [-0.3, -0.25) is 0 Å². The summed E-state index contributed by atoms with van der Waals surface area (Å²) in [5.74, 6) is 2.45. The summed E-state index contributed by atoms with van der Waals surface area (Å²) in [6.45, 7) is 4.47. The summed E-state index contributed by atoms with van der Waals surface area (Å²) in [6.07, 6.45) is 0. The Labute approximate surface area is 124 Å². The molecule has 0 aliphatic carbocycles. The Kier molecular flexibility index (Phi) is 3.60. The molecular weight excluding hydrogens is 266 g/mol. The molecule has 1 atom stereocenters. The minimum absolute atomic E-state index is 0.134. The number of ether oxygens (including phenoxy) is 3. The van der Waals surface area contributed by atoms with Crippen LogP contribution in [0.15, 0.2) is 36.4 Å². The minimum Gasteiger partial charge on any atom is -0.495 e. The van der Waals surface area contributed by atoms with Crippen molar-refractivity contribution in [3.8, 4) is 17.2 Å². The van der Waals surface area contributed by atoms with E-state index in [-0.39, 0.29) is 6.04 Å². The predicted octanol–water partition coefficient (Wildman–Crippen LogP) is 3.91. The monoisotopic (exact) mass is 285 g/mol. The molecule has 2 aromatic carbocycles. The van der Waals surface area contributed by atoms with Gasteiger partial charge in [0.2, 0.25) is 6.79 Å². The maximum atomic E-state index is 5.43. The highest BCUT2D eigenvalue weighted by Gasteiger charge is 2.16. The van der Waals surface area contributed by atoms with Crippen molar-refractivity contribution in [1.29, 1.82) is 0 Å². The number of hydrogen-bond donors (Lipinski definition) is 1. The normalized spacial score (nSPS) is 13.9. The molecule has 0 amide bonds. The second-order valence-electron chi connectivity index (χ2n) is 5.18. The molecule has 0 saturated heterocycles. The summed E-state index contributed by atoms with van der Waals surface area (Å²) in [4.78, 5) is 0. The van der Waals surface area contributed by atoms with Gasteiger partial charge in [-0.15, -0.1) is 0 Å². The number of fused-ring (bicyclic) bond motifs is 1. The van der Waals surface area contributed by atoms with E-state index in [1.165, 1.54) is 5.56 Å². The molecule has 1 aliphatic rings. The highest BCUT2D eigenvalue weighted by molar-refractivity contribution is 5.59. The fraction of sp³-hybridized carbons (Fsp3) is 0.294. The number of aryl methyl sites for hydroxylation is 1. The first-order chi connectivity index (χ1) is 10.2. The molecule has 1 heterocycles. The Balaban J connectivity index is 1.83. The number of benzene rings is 2. The van der Waals surface area contributed by atoms with Gasteiger partial charge < -0.3 is 19.5 Å². The van der Waals surface area contributed by atoms with Gasteiger partial charge in [0.1, 0.15) is 5.75 Å². The number of anilines is 1. The van der Waals surface area contributed by atoms with Crippen molar-refractivity contribution in [2.24, 2.45) is 0 Å². The molecule has 110 valence electrons. The van der Waals surface area contributed by atoms with E-state index in [0.717, 1.165) is 28.5 Å². The van der Waals surface area contributed by atoms with Gasteiger partial charge in [0, 0.05) is 6.04 Å². The number of nitrogens with one attached hydrogen (secondary N) is 1. The Morgan fingerprint density at radius 2 is 1.90 bits per heavy atom. The predicted molar refractivity (Wildman–Crippen MR) is 82.3 cm³/mol. The average Bonchev–Trinajstić information content (AvgIpc) is 2.94.